The van der Waals surface area contributed by atoms with Crippen molar-refractivity contribution in [2.45, 2.75) is 138 Å². The molecule has 1 aliphatic heterocycles. The van der Waals surface area contributed by atoms with Crippen LogP contribution in [0.25, 0.3) is 10.8 Å². The lowest BCUT2D eigenvalue weighted by molar-refractivity contribution is -0.149. The molecule has 6 atom stereocenters. The van der Waals surface area contributed by atoms with Crippen molar-refractivity contribution in [3.05, 3.63) is 147 Å². The zero-order valence-electron chi connectivity index (χ0n) is 42.5. The number of H-pyrrole nitrogens is 1. The van der Waals surface area contributed by atoms with E-state index >= 15 is 4.79 Å². The van der Waals surface area contributed by atoms with Crippen LogP contribution in [0.5, 0.6) is 28.7 Å². The summed E-state index contributed by atoms with van der Waals surface area (Å²) in [5.41, 5.74) is 6.36. The number of aliphatic hydroxyl groups excluding tert-OH is 2. The van der Waals surface area contributed by atoms with Crippen LogP contribution >= 0.6 is 21.6 Å². The molecule has 0 spiro atoms. The Labute approximate surface area is 438 Å². The van der Waals surface area contributed by atoms with Gasteiger partial charge in [-0.25, -0.2) is 0 Å². The number of fused-ring (bicyclic) bond motifs is 2. The lowest BCUT2D eigenvalue weighted by Crippen LogP contribution is -2.61. The molecule has 10 nitrogen and oxygen atoms in total. The largest absolute Gasteiger partial charge is 0.508 e. The van der Waals surface area contributed by atoms with Crippen LogP contribution in [-0.4, -0.2) is 74.5 Å². The molecule has 3 fully saturated rings. The molecular weight excluding hydrogens is 953 g/mol. The van der Waals surface area contributed by atoms with Gasteiger partial charge in [0.15, 0.2) is 28.8 Å². The number of phenols is 3. The van der Waals surface area contributed by atoms with Gasteiger partial charge in [-0.05, 0) is 181 Å². The summed E-state index contributed by atoms with van der Waals surface area (Å²) in [6, 6.07) is 27.3. The van der Waals surface area contributed by atoms with E-state index in [9.17, 15) is 25.5 Å². The molecule has 73 heavy (non-hydrogen) atoms. The summed E-state index contributed by atoms with van der Waals surface area (Å²) in [6.45, 7) is 2.18. The number of aryl methyl sites for hydroxylation is 1. The standard InChI is InChI=1S/C61H72N2O8S2/c1-4-39-16-17-40-11-10-12-42-35-72-73-36-44-28-54(67)61(46-29-45(30-47(64)31-46)60(62-2)22-8-9-23-60,33-37-15-19-51(65)53(26-37)71-48-13-6-5-7-14-48)59(69)56(44)57(68)43(25-38-21-24-63-34-38)27-41-18-20-52(66)58(70-3)50(41)32-49(39)55(40)42/h10-12,15-21,24,26,29-31,34,43-44,48,54,56-57,62-68H,4-9,13-14,22-23,25,27-28,32-33,35-36H2,1-3H3. The van der Waals surface area contributed by atoms with E-state index in [-0.39, 0.29) is 42.0 Å². The second-order valence-electron chi connectivity index (χ2n) is 21.5. The van der Waals surface area contributed by atoms with Gasteiger partial charge in [-0.2, -0.15) is 0 Å². The Morgan fingerprint density at radius 3 is 2.37 bits per heavy atom. The van der Waals surface area contributed by atoms with Gasteiger partial charge in [-0.15, -0.1) is 0 Å². The molecule has 0 amide bonds. The van der Waals surface area contributed by atoms with Crippen LogP contribution in [0, 0.1) is 17.8 Å². The van der Waals surface area contributed by atoms with Crippen LogP contribution in [0.4, 0.5) is 0 Å². The number of ether oxygens (including phenoxy) is 2. The Hall–Kier alpha value is -5.11. The van der Waals surface area contributed by atoms with Gasteiger partial charge in [0.1, 0.15) is 5.75 Å². The second-order valence-corrected chi connectivity index (χ2v) is 24.0. The molecule has 0 saturated heterocycles. The zero-order chi connectivity index (χ0) is 50.9. The first kappa shape index (κ1) is 51.4. The van der Waals surface area contributed by atoms with Crippen molar-refractivity contribution in [1.29, 1.82) is 0 Å². The molecule has 4 aliphatic rings. The first-order valence-electron chi connectivity index (χ1n) is 26.6. The van der Waals surface area contributed by atoms with Gasteiger partial charge in [0.25, 0.3) is 0 Å². The van der Waals surface area contributed by atoms with Gasteiger partial charge in [0.2, 0.25) is 0 Å². The number of aromatic amines is 1. The van der Waals surface area contributed by atoms with Crippen molar-refractivity contribution in [3.8, 4) is 28.7 Å². The van der Waals surface area contributed by atoms with E-state index in [0.717, 1.165) is 91.8 Å². The number of aromatic hydroxyl groups is 3. The van der Waals surface area contributed by atoms with Gasteiger partial charge in [-0.1, -0.05) is 96.3 Å². The number of ketones is 1. The third kappa shape index (κ3) is 10.1. The van der Waals surface area contributed by atoms with Crippen molar-refractivity contribution >= 4 is 38.1 Å². The number of carbonyl (C=O) groups is 1. The van der Waals surface area contributed by atoms with Crippen LogP contribution in [0.2, 0.25) is 0 Å². The Bertz CT molecular complexity index is 2910. The number of carbonyl (C=O) groups excluding carboxylic acids is 1. The van der Waals surface area contributed by atoms with Gasteiger partial charge in [-0.3, -0.25) is 4.79 Å². The number of aliphatic hydroxyl groups is 2. The molecule has 0 radical (unpaired) electrons. The number of nitrogens with one attached hydrogen (secondary N) is 2. The Kier molecular flexibility index (Phi) is 15.5. The summed E-state index contributed by atoms with van der Waals surface area (Å²) >= 11 is 0. The molecule has 3 saturated carbocycles. The minimum atomic E-state index is -1.62. The summed E-state index contributed by atoms with van der Waals surface area (Å²) in [6.07, 6.45) is 12.6. The summed E-state index contributed by atoms with van der Waals surface area (Å²) in [5, 5.41) is 67.2. The van der Waals surface area contributed by atoms with E-state index in [1.54, 1.807) is 53.0 Å². The van der Waals surface area contributed by atoms with Crippen LogP contribution in [-0.2, 0) is 53.6 Å². The highest BCUT2D eigenvalue weighted by Crippen LogP contribution is 2.52. The molecule has 386 valence electrons. The highest BCUT2D eigenvalue weighted by atomic mass is 33.1. The lowest BCUT2D eigenvalue weighted by Gasteiger charge is -2.49. The maximum atomic E-state index is 16.8. The third-order valence-corrected chi connectivity index (χ3v) is 19.7. The topological polar surface area (TPSA) is 164 Å². The smallest absolute Gasteiger partial charge is 0.164 e. The lowest BCUT2D eigenvalue weighted by atomic mass is 9.55. The fourth-order valence-electron chi connectivity index (χ4n) is 13.4. The van der Waals surface area contributed by atoms with Crippen LogP contribution < -0.4 is 14.8 Å². The van der Waals surface area contributed by atoms with Crippen molar-refractivity contribution in [2.24, 2.45) is 17.8 Å². The fourth-order valence-corrected chi connectivity index (χ4v) is 15.9. The van der Waals surface area contributed by atoms with Crippen molar-refractivity contribution in [1.82, 2.24) is 10.3 Å². The van der Waals surface area contributed by atoms with Crippen molar-refractivity contribution in [3.63, 3.8) is 0 Å². The quantitative estimate of drug-likeness (QED) is 0.0618. The molecule has 12 heteroatoms. The molecule has 3 aliphatic carbocycles. The number of rotatable bonds is 11. The molecule has 0 bridgehead atoms. The Morgan fingerprint density at radius 2 is 1.62 bits per heavy atom. The normalized spacial score (nSPS) is 24.8. The molecule has 6 aromatic rings. The first-order valence-corrected chi connectivity index (χ1v) is 29.1. The molecule has 2 heterocycles. The maximum Gasteiger partial charge on any atom is 0.164 e. The average Bonchev–Trinajstić information content (AvgIpc) is 4.12. The van der Waals surface area contributed by atoms with Gasteiger partial charge >= 0.3 is 0 Å². The number of Topliss-reactive ketones (excluding diaryl/α,β-unsaturated/α-hetero) is 1. The average molecular weight is 1030 g/mol. The number of aromatic nitrogens is 1. The van der Waals surface area contributed by atoms with Crippen molar-refractivity contribution < 1.29 is 39.8 Å². The highest BCUT2D eigenvalue weighted by molar-refractivity contribution is 8.76. The molecule has 7 N–H and O–H groups in total. The van der Waals surface area contributed by atoms with E-state index in [1.165, 1.54) is 22.1 Å². The number of hydrogen-bond donors (Lipinski definition) is 7. The van der Waals surface area contributed by atoms with Gasteiger partial charge in [0.05, 0.1) is 30.8 Å². The zero-order valence-corrected chi connectivity index (χ0v) is 44.1. The number of benzene rings is 5. The van der Waals surface area contributed by atoms with Crippen LogP contribution in [0.15, 0.2) is 97.3 Å². The van der Waals surface area contributed by atoms with E-state index in [1.807, 2.05) is 49.8 Å². The number of hydrogen-bond acceptors (Lipinski definition) is 11. The summed E-state index contributed by atoms with van der Waals surface area (Å²) in [7, 11) is 6.95. The minimum Gasteiger partial charge on any atom is -0.508 e. The predicted octanol–water partition coefficient (Wildman–Crippen LogP) is 11.6. The molecule has 1 aromatic heterocycles. The van der Waals surface area contributed by atoms with E-state index in [0.29, 0.717) is 53.4 Å². The molecule has 10 rings (SSSR count). The number of methoxy groups -OCH3 is 1. The SMILES string of the molecule is CCc1ccc2cccc3c2c1Cc1c(ccc(O)c1OC)CC(Cc1cc[nH]c1)C(O)C1C(=O)C(Cc2ccc(O)c(OC4CCCCC4)c2)(c2cc(O)cc(C4(NC)CCCC4)c2)C(O)CC1CSSC3. The summed E-state index contributed by atoms with van der Waals surface area (Å²) in [4.78, 5) is 20.0. The summed E-state index contributed by atoms with van der Waals surface area (Å²) in [5.74, 6) is -0.118. The monoisotopic (exact) mass is 1020 g/mol. The molecular formula is C61H72N2O8S2. The third-order valence-electron chi connectivity index (χ3n) is 17.3. The van der Waals surface area contributed by atoms with Crippen LogP contribution in [0.3, 0.4) is 0 Å². The fraction of sp³-hybridized carbons (Fsp3) is 0.459. The maximum absolute atomic E-state index is 16.8. The second kappa shape index (κ2) is 22.0. The predicted molar refractivity (Wildman–Crippen MR) is 293 cm³/mol. The highest BCUT2D eigenvalue weighted by Gasteiger charge is 2.58. The minimum absolute atomic E-state index is 0.0125. The number of phenolic OH excluding ortho intramolecular Hbond substituents is 3. The van der Waals surface area contributed by atoms with E-state index in [2.05, 4.69) is 47.6 Å². The van der Waals surface area contributed by atoms with E-state index < -0.39 is 40.9 Å². The van der Waals surface area contributed by atoms with Gasteiger partial charge < -0.3 is 45.3 Å². The van der Waals surface area contributed by atoms with Gasteiger partial charge in [0, 0.05) is 47.3 Å². The van der Waals surface area contributed by atoms with E-state index in [4.69, 9.17) is 9.47 Å². The summed E-state index contributed by atoms with van der Waals surface area (Å²) < 4.78 is 12.6. The Balaban J connectivity index is 1.14. The molecule has 6 unspecified atom stereocenters. The van der Waals surface area contributed by atoms with Crippen LogP contribution in [0.1, 0.15) is 121 Å². The van der Waals surface area contributed by atoms with Crippen molar-refractivity contribution in [2.75, 3.05) is 19.9 Å². The molecule has 5 aromatic carbocycles. The first-order chi connectivity index (χ1) is 35.4. The Morgan fingerprint density at radius 1 is 0.822 bits per heavy atom.